The number of carbonyl (C=O) groups excluding carboxylic acids is 1. The van der Waals surface area contributed by atoms with E-state index in [1.54, 1.807) is 6.08 Å². The molecule has 2 bridgehead atoms. The topological polar surface area (TPSA) is 37.3 Å². The first kappa shape index (κ1) is 10.9. The SMILES string of the molecule is C=CC[C@@]1(O)C(=O)[C@@]2(C)CC[C@H]1C2(C)C. The number of hydrogen-bond donors (Lipinski definition) is 1. The van der Waals surface area contributed by atoms with Gasteiger partial charge in [-0.25, -0.2) is 0 Å². The van der Waals surface area contributed by atoms with Crippen LogP contribution in [0.25, 0.3) is 0 Å². The van der Waals surface area contributed by atoms with E-state index in [0.717, 1.165) is 12.8 Å². The third-order valence-electron chi connectivity index (χ3n) is 5.15. The maximum Gasteiger partial charge on any atom is 0.171 e. The zero-order chi connectivity index (χ0) is 11.5. The van der Waals surface area contributed by atoms with Crippen LogP contribution < -0.4 is 0 Å². The second-order valence-electron chi connectivity index (χ2n) is 5.89. The maximum atomic E-state index is 12.3. The quantitative estimate of drug-likeness (QED) is 0.707. The number of aliphatic hydroxyl groups is 1. The largest absolute Gasteiger partial charge is 0.381 e. The van der Waals surface area contributed by atoms with E-state index in [-0.39, 0.29) is 22.5 Å². The lowest BCUT2D eigenvalue weighted by molar-refractivity contribution is -0.146. The lowest BCUT2D eigenvalue weighted by Crippen LogP contribution is -2.46. The molecule has 0 amide bonds. The van der Waals surface area contributed by atoms with Gasteiger partial charge in [0, 0.05) is 17.8 Å². The van der Waals surface area contributed by atoms with E-state index in [1.807, 2.05) is 6.92 Å². The molecule has 2 nitrogen and oxygen atoms in total. The molecule has 0 aliphatic heterocycles. The molecule has 2 saturated carbocycles. The molecule has 84 valence electrons. The van der Waals surface area contributed by atoms with Crippen LogP contribution in [0.1, 0.15) is 40.0 Å². The average molecular weight is 208 g/mol. The van der Waals surface area contributed by atoms with Gasteiger partial charge in [0.15, 0.2) is 5.78 Å². The lowest BCUT2D eigenvalue weighted by atomic mass is 9.70. The van der Waals surface area contributed by atoms with Crippen molar-refractivity contribution in [1.82, 2.24) is 0 Å². The van der Waals surface area contributed by atoms with Gasteiger partial charge in [0.25, 0.3) is 0 Å². The summed E-state index contributed by atoms with van der Waals surface area (Å²) in [4.78, 5) is 12.3. The molecule has 0 aromatic carbocycles. The number of hydrogen-bond acceptors (Lipinski definition) is 2. The monoisotopic (exact) mass is 208 g/mol. The van der Waals surface area contributed by atoms with Crippen LogP contribution in [-0.2, 0) is 4.79 Å². The first-order valence-corrected chi connectivity index (χ1v) is 5.69. The molecule has 2 fully saturated rings. The van der Waals surface area contributed by atoms with Gasteiger partial charge in [0.2, 0.25) is 0 Å². The van der Waals surface area contributed by atoms with Gasteiger partial charge < -0.3 is 5.11 Å². The minimum Gasteiger partial charge on any atom is -0.381 e. The molecule has 0 aromatic heterocycles. The number of rotatable bonds is 2. The van der Waals surface area contributed by atoms with Crippen LogP contribution in [0.15, 0.2) is 12.7 Å². The van der Waals surface area contributed by atoms with Gasteiger partial charge in [-0.15, -0.1) is 6.58 Å². The standard InChI is InChI=1S/C13H20O2/c1-5-7-13(15)9-6-8-12(4,10(13)14)11(9,2)3/h5,9,15H,1,6-8H2,2-4H3/t9-,12+,13-/m0/s1. The van der Waals surface area contributed by atoms with E-state index >= 15 is 0 Å². The highest BCUT2D eigenvalue weighted by Crippen LogP contribution is 2.67. The Morgan fingerprint density at radius 1 is 1.53 bits per heavy atom. The van der Waals surface area contributed by atoms with Crippen molar-refractivity contribution < 1.29 is 9.90 Å². The van der Waals surface area contributed by atoms with Crippen LogP contribution in [-0.4, -0.2) is 16.5 Å². The second-order valence-corrected chi connectivity index (χ2v) is 5.89. The van der Waals surface area contributed by atoms with Crippen molar-refractivity contribution in [2.45, 2.75) is 45.6 Å². The summed E-state index contributed by atoms with van der Waals surface area (Å²) in [5.74, 6) is 0.136. The molecule has 0 aromatic rings. The van der Waals surface area contributed by atoms with Crippen LogP contribution in [0.2, 0.25) is 0 Å². The van der Waals surface area contributed by atoms with Crippen molar-refractivity contribution >= 4 is 5.78 Å². The molecule has 2 aliphatic rings. The Bertz CT molecular complexity index is 331. The van der Waals surface area contributed by atoms with Crippen molar-refractivity contribution in [2.75, 3.05) is 0 Å². The normalized spacial score (nSPS) is 47.2. The zero-order valence-corrected chi connectivity index (χ0v) is 9.84. The molecule has 1 N–H and O–H groups in total. The molecule has 0 heterocycles. The van der Waals surface area contributed by atoms with Crippen molar-refractivity contribution in [3.05, 3.63) is 12.7 Å². The summed E-state index contributed by atoms with van der Waals surface area (Å²) in [6.45, 7) is 9.89. The molecule has 0 saturated heterocycles. The van der Waals surface area contributed by atoms with E-state index in [1.165, 1.54) is 0 Å². The molecule has 3 atom stereocenters. The number of ketones is 1. The van der Waals surface area contributed by atoms with Crippen LogP contribution in [0.5, 0.6) is 0 Å². The van der Waals surface area contributed by atoms with Crippen LogP contribution in [0.4, 0.5) is 0 Å². The third kappa shape index (κ3) is 0.963. The second kappa shape index (κ2) is 2.73. The van der Waals surface area contributed by atoms with Crippen LogP contribution >= 0.6 is 0 Å². The Hall–Kier alpha value is -0.630. The van der Waals surface area contributed by atoms with Crippen LogP contribution in [0, 0.1) is 16.7 Å². The average Bonchev–Trinajstić information content (AvgIpc) is 2.42. The molecule has 15 heavy (non-hydrogen) atoms. The summed E-state index contributed by atoms with van der Waals surface area (Å²) >= 11 is 0. The lowest BCUT2D eigenvalue weighted by Gasteiger charge is -2.32. The Balaban J connectivity index is 2.51. The van der Waals surface area contributed by atoms with Gasteiger partial charge in [0.05, 0.1) is 0 Å². The van der Waals surface area contributed by atoms with Gasteiger partial charge >= 0.3 is 0 Å². The minimum absolute atomic E-state index is 0.0381. The predicted molar refractivity (Wildman–Crippen MR) is 59.4 cm³/mol. The maximum absolute atomic E-state index is 12.3. The molecule has 0 spiro atoms. The van der Waals surface area contributed by atoms with Gasteiger partial charge in [-0.1, -0.05) is 26.8 Å². The summed E-state index contributed by atoms with van der Waals surface area (Å²) in [5.41, 5.74) is -1.56. The van der Waals surface area contributed by atoms with E-state index in [2.05, 4.69) is 20.4 Å². The van der Waals surface area contributed by atoms with Gasteiger partial charge in [-0.05, 0) is 18.3 Å². The minimum atomic E-state index is -1.14. The third-order valence-corrected chi connectivity index (χ3v) is 5.15. The van der Waals surface area contributed by atoms with E-state index in [4.69, 9.17) is 0 Å². The summed E-state index contributed by atoms with van der Waals surface area (Å²) in [7, 11) is 0. The Morgan fingerprint density at radius 3 is 2.53 bits per heavy atom. The fourth-order valence-electron chi connectivity index (χ4n) is 3.83. The summed E-state index contributed by atoms with van der Waals surface area (Å²) in [6, 6.07) is 0. The fraction of sp³-hybridized carbons (Fsp3) is 0.769. The fourth-order valence-corrected chi connectivity index (χ4v) is 3.83. The van der Waals surface area contributed by atoms with Gasteiger partial charge in [-0.2, -0.15) is 0 Å². The molecule has 2 rings (SSSR count). The molecule has 2 aliphatic carbocycles. The highest BCUT2D eigenvalue weighted by Gasteiger charge is 2.72. The first-order chi connectivity index (χ1) is 6.80. The molecular formula is C13H20O2. The Morgan fingerprint density at radius 2 is 2.13 bits per heavy atom. The smallest absolute Gasteiger partial charge is 0.171 e. The number of fused-ring (bicyclic) bond motifs is 2. The molecule has 2 heteroatoms. The zero-order valence-electron chi connectivity index (χ0n) is 9.84. The highest BCUT2D eigenvalue weighted by molar-refractivity contribution is 5.97. The Kier molecular flexibility index (Phi) is 1.98. The summed E-state index contributed by atoms with van der Waals surface area (Å²) < 4.78 is 0. The summed E-state index contributed by atoms with van der Waals surface area (Å²) in [6.07, 6.45) is 3.94. The molecule has 0 unspecified atom stereocenters. The van der Waals surface area contributed by atoms with Gasteiger partial charge in [0.1, 0.15) is 5.60 Å². The summed E-state index contributed by atoms with van der Waals surface area (Å²) in [5, 5.41) is 10.5. The molecule has 0 radical (unpaired) electrons. The first-order valence-electron chi connectivity index (χ1n) is 5.69. The predicted octanol–water partition coefficient (Wildman–Crippen LogP) is 2.32. The van der Waals surface area contributed by atoms with Crippen molar-refractivity contribution in [3.8, 4) is 0 Å². The van der Waals surface area contributed by atoms with E-state index < -0.39 is 5.60 Å². The van der Waals surface area contributed by atoms with Crippen molar-refractivity contribution in [1.29, 1.82) is 0 Å². The number of carbonyl (C=O) groups is 1. The highest BCUT2D eigenvalue weighted by atomic mass is 16.3. The Labute approximate surface area is 91.4 Å². The number of Topliss-reactive ketones (excluding diaryl/α,β-unsaturated/α-hetero) is 1. The van der Waals surface area contributed by atoms with E-state index in [9.17, 15) is 9.90 Å². The van der Waals surface area contributed by atoms with Gasteiger partial charge in [-0.3, -0.25) is 4.79 Å². The van der Waals surface area contributed by atoms with Crippen molar-refractivity contribution in [2.24, 2.45) is 16.7 Å². The molecular weight excluding hydrogens is 188 g/mol. The van der Waals surface area contributed by atoms with Crippen LogP contribution in [0.3, 0.4) is 0 Å². The van der Waals surface area contributed by atoms with E-state index in [0.29, 0.717) is 6.42 Å². The van der Waals surface area contributed by atoms with Crippen molar-refractivity contribution in [3.63, 3.8) is 0 Å².